The molecule has 1 atom stereocenters. The van der Waals surface area contributed by atoms with Crippen molar-refractivity contribution < 1.29 is 9.84 Å². The number of ether oxygens (including phenoxy) is 1. The zero-order chi connectivity index (χ0) is 14.5. The van der Waals surface area contributed by atoms with Gasteiger partial charge < -0.3 is 9.84 Å². The van der Waals surface area contributed by atoms with Crippen LogP contribution in [0.25, 0.3) is 0 Å². The second-order valence-electron chi connectivity index (χ2n) is 5.71. The fourth-order valence-electron chi connectivity index (χ4n) is 2.97. The molecule has 21 heavy (non-hydrogen) atoms. The molecule has 0 saturated heterocycles. The molecule has 2 heteroatoms. The van der Waals surface area contributed by atoms with Gasteiger partial charge in [-0.25, -0.2) is 0 Å². The summed E-state index contributed by atoms with van der Waals surface area (Å²) in [5.74, 6) is 0.927. The van der Waals surface area contributed by atoms with E-state index in [9.17, 15) is 5.11 Å². The summed E-state index contributed by atoms with van der Waals surface area (Å²) in [6.45, 7) is 0.732. The van der Waals surface area contributed by atoms with Gasteiger partial charge in [0.2, 0.25) is 0 Å². The van der Waals surface area contributed by atoms with E-state index < -0.39 is 0 Å². The van der Waals surface area contributed by atoms with Gasteiger partial charge in [-0.2, -0.15) is 0 Å². The summed E-state index contributed by atoms with van der Waals surface area (Å²) in [6, 6.07) is 16.6. The van der Waals surface area contributed by atoms with Gasteiger partial charge in [-0.15, -0.1) is 0 Å². The van der Waals surface area contributed by atoms with Crippen molar-refractivity contribution in [3.8, 4) is 5.75 Å². The molecule has 2 aromatic carbocycles. The van der Waals surface area contributed by atoms with Gasteiger partial charge in [0.25, 0.3) is 0 Å². The molecule has 1 aliphatic carbocycles. The van der Waals surface area contributed by atoms with Crippen molar-refractivity contribution >= 4 is 0 Å². The molecular weight excluding hydrogens is 260 g/mol. The minimum Gasteiger partial charge on any atom is -0.494 e. The molecular formula is C19H22O2. The monoisotopic (exact) mass is 282 g/mol. The molecule has 0 bridgehead atoms. The number of fused-ring (bicyclic) bond motifs is 1. The van der Waals surface area contributed by atoms with E-state index in [1.165, 1.54) is 11.1 Å². The molecule has 1 aliphatic rings. The first-order chi connectivity index (χ1) is 10.3. The molecule has 1 unspecified atom stereocenters. The Hall–Kier alpha value is -1.80. The van der Waals surface area contributed by atoms with Gasteiger partial charge in [0.15, 0.2) is 0 Å². The first-order valence-corrected chi connectivity index (χ1v) is 7.80. The van der Waals surface area contributed by atoms with Crippen LogP contribution in [0.4, 0.5) is 0 Å². The fraction of sp³-hybridized carbons (Fsp3) is 0.368. The predicted octanol–water partition coefficient (Wildman–Crippen LogP) is 4.07. The summed E-state index contributed by atoms with van der Waals surface area (Å²) in [5, 5.41) is 9.95. The van der Waals surface area contributed by atoms with E-state index in [2.05, 4.69) is 30.3 Å². The fourth-order valence-corrected chi connectivity index (χ4v) is 2.97. The van der Waals surface area contributed by atoms with Crippen molar-refractivity contribution in [2.45, 2.75) is 38.2 Å². The summed E-state index contributed by atoms with van der Waals surface area (Å²) >= 11 is 0. The number of hydrogen-bond acceptors (Lipinski definition) is 2. The Morgan fingerprint density at radius 2 is 1.95 bits per heavy atom. The predicted molar refractivity (Wildman–Crippen MR) is 84.6 cm³/mol. The van der Waals surface area contributed by atoms with Crippen molar-refractivity contribution in [3.63, 3.8) is 0 Å². The molecule has 2 nitrogen and oxygen atoms in total. The Bertz CT molecular complexity index is 577. The normalized spacial score (nSPS) is 17.3. The van der Waals surface area contributed by atoms with E-state index in [1.807, 2.05) is 18.2 Å². The van der Waals surface area contributed by atoms with E-state index in [0.717, 1.165) is 50.0 Å². The number of hydrogen-bond donors (Lipinski definition) is 1. The number of rotatable bonds is 5. The van der Waals surface area contributed by atoms with Crippen LogP contribution in [0, 0.1) is 0 Å². The van der Waals surface area contributed by atoms with Crippen LogP contribution in [0.15, 0.2) is 48.5 Å². The van der Waals surface area contributed by atoms with E-state index in [0.29, 0.717) is 0 Å². The summed E-state index contributed by atoms with van der Waals surface area (Å²) in [5.41, 5.74) is 3.68. The SMILES string of the molecule is OC1CCCc2cc(OCCCc3ccccc3)ccc21. The molecule has 2 aromatic rings. The lowest BCUT2D eigenvalue weighted by Gasteiger charge is -2.21. The van der Waals surface area contributed by atoms with Gasteiger partial charge >= 0.3 is 0 Å². The van der Waals surface area contributed by atoms with Gasteiger partial charge in [-0.05, 0) is 60.9 Å². The van der Waals surface area contributed by atoms with E-state index in [1.54, 1.807) is 0 Å². The summed E-state index contributed by atoms with van der Waals surface area (Å²) in [7, 11) is 0. The Labute approximate surface area is 126 Å². The lowest BCUT2D eigenvalue weighted by atomic mass is 9.89. The van der Waals surface area contributed by atoms with E-state index >= 15 is 0 Å². The third kappa shape index (κ3) is 3.64. The van der Waals surface area contributed by atoms with Gasteiger partial charge in [-0.3, -0.25) is 0 Å². The second kappa shape index (κ2) is 6.77. The molecule has 0 fully saturated rings. The zero-order valence-corrected chi connectivity index (χ0v) is 12.3. The molecule has 0 aromatic heterocycles. The first kappa shape index (κ1) is 14.2. The van der Waals surface area contributed by atoms with Crippen LogP contribution in [0.1, 0.15) is 42.1 Å². The maximum absolute atomic E-state index is 9.95. The lowest BCUT2D eigenvalue weighted by molar-refractivity contribution is 0.156. The van der Waals surface area contributed by atoms with Crippen LogP contribution in [0.3, 0.4) is 0 Å². The molecule has 0 amide bonds. The largest absolute Gasteiger partial charge is 0.494 e. The topological polar surface area (TPSA) is 29.5 Å². The minimum atomic E-state index is -0.291. The maximum Gasteiger partial charge on any atom is 0.119 e. The Morgan fingerprint density at radius 1 is 1.10 bits per heavy atom. The van der Waals surface area contributed by atoms with Crippen LogP contribution in [-0.2, 0) is 12.8 Å². The zero-order valence-electron chi connectivity index (χ0n) is 12.3. The highest BCUT2D eigenvalue weighted by molar-refractivity contribution is 5.38. The maximum atomic E-state index is 9.95. The van der Waals surface area contributed by atoms with Crippen LogP contribution in [0.5, 0.6) is 5.75 Å². The Balaban J connectivity index is 1.52. The Morgan fingerprint density at radius 3 is 2.81 bits per heavy atom. The van der Waals surface area contributed by atoms with Gasteiger partial charge in [0.1, 0.15) is 5.75 Å². The molecule has 0 spiro atoms. The van der Waals surface area contributed by atoms with Crippen LogP contribution in [-0.4, -0.2) is 11.7 Å². The van der Waals surface area contributed by atoms with E-state index in [-0.39, 0.29) is 6.10 Å². The average molecular weight is 282 g/mol. The van der Waals surface area contributed by atoms with Crippen molar-refractivity contribution in [2.24, 2.45) is 0 Å². The third-order valence-corrected chi connectivity index (χ3v) is 4.12. The van der Waals surface area contributed by atoms with Gasteiger partial charge in [0.05, 0.1) is 12.7 Å². The molecule has 1 N–H and O–H groups in total. The van der Waals surface area contributed by atoms with E-state index in [4.69, 9.17) is 4.74 Å². The number of aliphatic hydroxyl groups is 1. The van der Waals surface area contributed by atoms with Crippen molar-refractivity contribution in [2.75, 3.05) is 6.61 Å². The summed E-state index contributed by atoms with van der Waals surface area (Å²) < 4.78 is 5.85. The standard InChI is InChI=1S/C19H22O2/c20-19-10-4-9-16-14-17(11-12-18(16)19)21-13-5-8-15-6-2-1-3-7-15/h1-3,6-7,11-12,14,19-20H,4-5,8-10,13H2. The molecule has 0 aliphatic heterocycles. The van der Waals surface area contributed by atoms with Gasteiger partial charge in [-0.1, -0.05) is 36.4 Å². The number of benzene rings is 2. The molecule has 110 valence electrons. The van der Waals surface area contributed by atoms with Crippen LogP contribution >= 0.6 is 0 Å². The summed E-state index contributed by atoms with van der Waals surface area (Å²) in [6.07, 6.45) is 4.76. The molecule has 0 heterocycles. The molecule has 0 saturated carbocycles. The van der Waals surface area contributed by atoms with Crippen LogP contribution in [0.2, 0.25) is 0 Å². The molecule has 0 radical (unpaired) electrons. The second-order valence-corrected chi connectivity index (χ2v) is 5.71. The quantitative estimate of drug-likeness (QED) is 0.838. The summed E-state index contributed by atoms with van der Waals surface area (Å²) in [4.78, 5) is 0. The number of aryl methyl sites for hydroxylation is 2. The highest BCUT2D eigenvalue weighted by atomic mass is 16.5. The lowest BCUT2D eigenvalue weighted by Crippen LogP contribution is -2.09. The average Bonchev–Trinajstić information content (AvgIpc) is 2.53. The van der Waals surface area contributed by atoms with Gasteiger partial charge in [0, 0.05) is 0 Å². The Kier molecular flexibility index (Phi) is 4.56. The van der Waals surface area contributed by atoms with Crippen molar-refractivity contribution in [1.29, 1.82) is 0 Å². The highest BCUT2D eigenvalue weighted by Crippen LogP contribution is 2.31. The van der Waals surface area contributed by atoms with Crippen molar-refractivity contribution in [1.82, 2.24) is 0 Å². The smallest absolute Gasteiger partial charge is 0.119 e. The van der Waals surface area contributed by atoms with Crippen LogP contribution < -0.4 is 4.74 Å². The van der Waals surface area contributed by atoms with Crippen molar-refractivity contribution in [3.05, 3.63) is 65.2 Å². The highest BCUT2D eigenvalue weighted by Gasteiger charge is 2.17. The third-order valence-electron chi connectivity index (χ3n) is 4.12. The first-order valence-electron chi connectivity index (χ1n) is 7.80. The number of aliphatic hydroxyl groups excluding tert-OH is 1. The molecule has 3 rings (SSSR count). The minimum absolute atomic E-state index is 0.291.